The van der Waals surface area contributed by atoms with Crippen LogP contribution >= 0.6 is 11.3 Å². The van der Waals surface area contributed by atoms with Crippen LogP contribution in [0.1, 0.15) is 62.2 Å². The average Bonchev–Trinajstić information content (AvgIpc) is 3.26. The molecule has 0 aliphatic heterocycles. The van der Waals surface area contributed by atoms with E-state index in [2.05, 4.69) is 0 Å². The summed E-state index contributed by atoms with van der Waals surface area (Å²) in [6.07, 6.45) is 2.41. The summed E-state index contributed by atoms with van der Waals surface area (Å²) >= 11 is 1.42. The second-order valence-corrected chi connectivity index (χ2v) is 7.95. The summed E-state index contributed by atoms with van der Waals surface area (Å²) in [5, 5.41) is 0. The number of carbonyl (C=O) groups excluding carboxylic acids is 3. The molecule has 1 heterocycles. The van der Waals surface area contributed by atoms with Crippen LogP contribution in [0, 0.1) is 6.92 Å². The predicted octanol–water partition coefficient (Wildman–Crippen LogP) is 4.32. The lowest BCUT2D eigenvalue weighted by atomic mass is 10.0. The molecule has 0 saturated carbocycles. The molecule has 4 nitrogen and oxygen atoms in total. The molecule has 3 rings (SSSR count). The second-order valence-electron chi connectivity index (χ2n) is 6.67. The SMILES string of the molecule is Cc1ccc(C(=O)CCC(=O)O[C@H](C)C(=O)c2ccc3c(c2)CCC3)s1. The summed E-state index contributed by atoms with van der Waals surface area (Å²) in [6.45, 7) is 3.51. The highest BCUT2D eigenvalue weighted by Crippen LogP contribution is 2.24. The number of ether oxygens (including phenoxy) is 1. The molecule has 0 fully saturated rings. The molecule has 1 aliphatic carbocycles. The molecule has 0 saturated heterocycles. The Hall–Kier alpha value is -2.27. The first-order valence-corrected chi connectivity index (χ1v) is 9.71. The van der Waals surface area contributed by atoms with Crippen molar-refractivity contribution in [3.05, 3.63) is 56.8 Å². The van der Waals surface area contributed by atoms with E-state index in [0.29, 0.717) is 10.4 Å². The van der Waals surface area contributed by atoms with Gasteiger partial charge in [0.1, 0.15) is 0 Å². The first-order valence-electron chi connectivity index (χ1n) is 8.89. The molecule has 136 valence electrons. The van der Waals surface area contributed by atoms with Gasteiger partial charge >= 0.3 is 5.97 Å². The van der Waals surface area contributed by atoms with E-state index in [1.165, 1.54) is 22.5 Å². The Bertz CT molecular complexity index is 849. The van der Waals surface area contributed by atoms with E-state index in [1.54, 1.807) is 19.1 Å². The van der Waals surface area contributed by atoms with Crippen molar-refractivity contribution in [1.82, 2.24) is 0 Å². The Labute approximate surface area is 157 Å². The van der Waals surface area contributed by atoms with Gasteiger partial charge in [-0.3, -0.25) is 14.4 Å². The van der Waals surface area contributed by atoms with Crippen LogP contribution in [0.3, 0.4) is 0 Å². The Morgan fingerprint density at radius 2 is 1.85 bits per heavy atom. The number of aryl methyl sites for hydroxylation is 3. The lowest BCUT2D eigenvalue weighted by Crippen LogP contribution is -2.24. The number of ketones is 2. The summed E-state index contributed by atoms with van der Waals surface area (Å²) in [5.74, 6) is -0.792. The molecule has 1 aromatic heterocycles. The Kier molecular flexibility index (Phi) is 5.67. The lowest BCUT2D eigenvalue weighted by Gasteiger charge is -2.13. The number of carbonyl (C=O) groups is 3. The minimum absolute atomic E-state index is 0.0163. The fraction of sp³-hybridized carbons (Fsp3) is 0.381. The molecule has 1 aromatic carbocycles. The van der Waals surface area contributed by atoms with Gasteiger partial charge in [-0.05, 0) is 62.4 Å². The minimum Gasteiger partial charge on any atom is -0.454 e. The molecule has 0 amide bonds. The third kappa shape index (κ3) is 4.28. The van der Waals surface area contributed by atoms with Gasteiger partial charge in [0.15, 0.2) is 11.9 Å². The van der Waals surface area contributed by atoms with Crippen molar-refractivity contribution in [2.24, 2.45) is 0 Å². The molecule has 2 aromatic rings. The van der Waals surface area contributed by atoms with Gasteiger partial charge in [-0.15, -0.1) is 11.3 Å². The lowest BCUT2D eigenvalue weighted by molar-refractivity contribution is -0.146. The summed E-state index contributed by atoms with van der Waals surface area (Å²) < 4.78 is 5.24. The van der Waals surface area contributed by atoms with Crippen LogP contribution in [0.2, 0.25) is 0 Å². The maximum Gasteiger partial charge on any atom is 0.306 e. The van der Waals surface area contributed by atoms with Crippen LogP contribution in [-0.4, -0.2) is 23.6 Å². The number of hydrogen-bond acceptors (Lipinski definition) is 5. The van der Waals surface area contributed by atoms with Gasteiger partial charge in [0, 0.05) is 16.9 Å². The van der Waals surface area contributed by atoms with Crippen LogP contribution in [0.15, 0.2) is 30.3 Å². The molecule has 0 unspecified atom stereocenters. The average molecular weight is 370 g/mol. The first-order chi connectivity index (χ1) is 12.4. The van der Waals surface area contributed by atoms with Gasteiger partial charge in [0.05, 0.1) is 11.3 Å². The fourth-order valence-corrected chi connectivity index (χ4v) is 4.03. The van der Waals surface area contributed by atoms with Crippen molar-refractivity contribution in [3.8, 4) is 0 Å². The van der Waals surface area contributed by atoms with E-state index >= 15 is 0 Å². The number of thiophene rings is 1. The molecule has 0 spiro atoms. The zero-order valence-electron chi connectivity index (χ0n) is 15.0. The topological polar surface area (TPSA) is 60.4 Å². The number of rotatable bonds is 7. The fourth-order valence-electron chi connectivity index (χ4n) is 3.19. The van der Waals surface area contributed by atoms with Gasteiger partial charge < -0.3 is 4.74 Å². The molecule has 0 N–H and O–H groups in total. The maximum atomic E-state index is 12.5. The molecule has 26 heavy (non-hydrogen) atoms. The maximum absolute atomic E-state index is 12.5. The molecule has 1 atom stereocenters. The van der Waals surface area contributed by atoms with E-state index in [4.69, 9.17) is 4.74 Å². The Balaban J connectivity index is 1.52. The third-order valence-corrected chi connectivity index (χ3v) is 5.67. The second kappa shape index (κ2) is 7.96. The zero-order chi connectivity index (χ0) is 18.7. The van der Waals surface area contributed by atoms with Crippen molar-refractivity contribution in [2.75, 3.05) is 0 Å². The highest BCUT2D eigenvalue weighted by Gasteiger charge is 2.22. The number of hydrogen-bond donors (Lipinski definition) is 0. The molecule has 5 heteroatoms. The Morgan fingerprint density at radius 1 is 1.08 bits per heavy atom. The van der Waals surface area contributed by atoms with E-state index in [0.717, 1.165) is 24.1 Å². The van der Waals surface area contributed by atoms with Crippen molar-refractivity contribution < 1.29 is 19.1 Å². The normalized spacial score (nSPS) is 13.9. The zero-order valence-corrected chi connectivity index (χ0v) is 15.9. The molecular weight excluding hydrogens is 348 g/mol. The monoisotopic (exact) mass is 370 g/mol. The summed E-state index contributed by atoms with van der Waals surface area (Å²) in [5.41, 5.74) is 3.09. The highest BCUT2D eigenvalue weighted by molar-refractivity contribution is 7.14. The quantitative estimate of drug-likeness (QED) is 0.538. The van der Waals surface area contributed by atoms with Crippen LogP contribution in [0.4, 0.5) is 0 Å². The van der Waals surface area contributed by atoms with Crippen molar-refractivity contribution in [2.45, 2.75) is 52.1 Å². The summed E-state index contributed by atoms with van der Waals surface area (Å²) in [4.78, 5) is 38.3. The standard InChI is InChI=1S/C21H22O4S/c1-13-6-10-19(26-13)18(22)9-11-20(23)25-14(2)21(24)17-8-7-15-4-3-5-16(15)12-17/h6-8,10,12,14H,3-5,9,11H2,1-2H3/t14-/m1/s1. The largest absolute Gasteiger partial charge is 0.454 e. The van der Waals surface area contributed by atoms with Crippen LogP contribution < -0.4 is 0 Å². The van der Waals surface area contributed by atoms with E-state index in [1.807, 2.05) is 25.1 Å². The smallest absolute Gasteiger partial charge is 0.306 e. The van der Waals surface area contributed by atoms with Gasteiger partial charge in [0.2, 0.25) is 5.78 Å². The van der Waals surface area contributed by atoms with Crippen molar-refractivity contribution >= 4 is 28.9 Å². The number of Topliss-reactive ketones (excluding diaryl/α,β-unsaturated/α-hetero) is 2. The number of benzene rings is 1. The Morgan fingerprint density at radius 3 is 2.58 bits per heavy atom. The van der Waals surface area contributed by atoms with Crippen LogP contribution in [0.25, 0.3) is 0 Å². The summed E-state index contributed by atoms with van der Waals surface area (Å²) in [7, 11) is 0. The predicted molar refractivity (Wildman–Crippen MR) is 101 cm³/mol. The highest BCUT2D eigenvalue weighted by atomic mass is 32.1. The van der Waals surface area contributed by atoms with Crippen molar-refractivity contribution in [3.63, 3.8) is 0 Å². The van der Waals surface area contributed by atoms with Gasteiger partial charge in [0.25, 0.3) is 0 Å². The van der Waals surface area contributed by atoms with Crippen LogP contribution in [-0.2, 0) is 22.4 Å². The van der Waals surface area contributed by atoms with Gasteiger partial charge in [-0.2, -0.15) is 0 Å². The first kappa shape index (κ1) is 18.5. The third-order valence-electron chi connectivity index (χ3n) is 4.63. The molecule has 0 bridgehead atoms. The van der Waals surface area contributed by atoms with Gasteiger partial charge in [-0.1, -0.05) is 12.1 Å². The molecular formula is C21H22O4S. The van der Waals surface area contributed by atoms with E-state index < -0.39 is 12.1 Å². The van der Waals surface area contributed by atoms with Gasteiger partial charge in [-0.25, -0.2) is 0 Å². The van der Waals surface area contributed by atoms with E-state index in [9.17, 15) is 14.4 Å². The van der Waals surface area contributed by atoms with Crippen LogP contribution in [0.5, 0.6) is 0 Å². The minimum atomic E-state index is -0.846. The van der Waals surface area contributed by atoms with E-state index in [-0.39, 0.29) is 24.4 Å². The van der Waals surface area contributed by atoms with Crippen molar-refractivity contribution in [1.29, 1.82) is 0 Å². The summed E-state index contributed by atoms with van der Waals surface area (Å²) in [6, 6.07) is 9.37. The molecule has 1 aliphatic rings. The molecule has 0 radical (unpaired) electrons. The number of fused-ring (bicyclic) bond motifs is 1. The number of esters is 1.